The van der Waals surface area contributed by atoms with Crippen LogP contribution in [-0.4, -0.2) is 37.9 Å². The Kier molecular flexibility index (Phi) is 57.8. The van der Waals surface area contributed by atoms with Crippen molar-refractivity contribution in [2.75, 3.05) is 19.8 Å². The summed E-state index contributed by atoms with van der Waals surface area (Å²) in [5.74, 6) is -0.387. The Balaban J connectivity index is 4.23. The maximum absolute atomic E-state index is 12.9. The smallest absolute Gasteiger partial charge is 0.306 e. The fourth-order valence-electron chi connectivity index (χ4n) is 9.07. The number of carbonyl (C=O) groups excluding carboxylic acids is 2. The van der Waals surface area contributed by atoms with E-state index >= 15 is 0 Å². The molecule has 0 rings (SSSR count). The van der Waals surface area contributed by atoms with Crippen molar-refractivity contribution < 1.29 is 23.8 Å². The van der Waals surface area contributed by atoms with Crippen LogP contribution in [0.3, 0.4) is 0 Å². The Bertz CT molecular complexity index is 1080. The summed E-state index contributed by atoms with van der Waals surface area (Å²) in [7, 11) is 0. The van der Waals surface area contributed by atoms with Crippen molar-refractivity contribution in [1.82, 2.24) is 0 Å². The lowest BCUT2D eigenvalue weighted by atomic mass is 10.0. The number of unbranched alkanes of at least 4 members (excludes halogenated alkanes) is 40. The Morgan fingerprint density at radius 3 is 1.01 bits per heavy atom. The van der Waals surface area contributed by atoms with Gasteiger partial charge >= 0.3 is 11.9 Å². The van der Waals surface area contributed by atoms with E-state index < -0.39 is 6.10 Å². The van der Waals surface area contributed by atoms with E-state index in [0.29, 0.717) is 19.4 Å². The van der Waals surface area contributed by atoms with Gasteiger partial charge in [0.2, 0.25) is 0 Å². The van der Waals surface area contributed by atoms with Crippen molar-refractivity contribution >= 4 is 11.9 Å². The molecule has 0 aromatic carbocycles. The van der Waals surface area contributed by atoms with Gasteiger partial charge in [-0.05, 0) is 77.0 Å². The maximum Gasteiger partial charge on any atom is 0.306 e. The first kappa shape index (κ1) is 66.1. The fourth-order valence-corrected chi connectivity index (χ4v) is 9.07. The van der Waals surface area contributed by atoms with Crippen LogP contribution in [0.5, 0.6) is 0 Å². The summed E-state index contributed by atoms with van der Waals surface area (Å²) < 4.78 is 17.5. The van der Waals surface area contributed by atoms with E-state index in [2.05, 4.69) is 57.2 Å². The molecule has 0 bridgehead atoms. The number of hydrogen-bond acceptors (Lipinski definition) is 5. The summed E-state index contributed by atoms with van der Waals surface area (Å²) in [6.07, 6.45) is 73.1. The molecule has 68 heavy (non-hydrogen) atoms. The number of rotatable bonds is 57. The van der Waals surface area contributed by atoms with Crippen LogP contribution in [0.15, 0.2) is 36.5 Å². The van der Waals surface area contributed by atoms with Crippen LogP contribution in [0.4, 0.5) is 0 Å². The van der Waals surface area contributed by atoms with Gasteiger partial charge in [-0.1, -0.05) is 276 Å². The number of hydrogen-bond donors (Lipinski definition) is 0. The molecule has 0 saturated carbocycles. The van der Waals surface area contributed by atoms with Crippen LogP contribution < -0.4 is 0 Å². The molecule has 0 aliphatic carbocycles. The molecule has 0 aliphatic heterocycles. The van der Waals surface area contributed by atoms with Crippen molar-refractivity contribution in [2.45, 2.75) is 335 Å². The molecule has 1 atom stereocenters. The summed E-state index contributed by atoms with van der Waals surface area (Å²) in [5.41, 5.74) is 0. The van der Waals surface area contributed by atoms with Gasteiger partial charge in [0.1, 0.15) is 6.61 Å². The van der Waals surface area contributed by atoms with Crippen LogP contribution in [0, 0.1) is 0 Å². The van der Waals surface area contributed by atoms with Crippen molar-refractivity contribution in [3.8, 4) is 0 Å². The quantitative estimate of drug-likeness (QED) is 0.0345. The van der Waals surface area contributed by atoms with Gasteiger partial charge in [0, 0.05) is 19.4 Å². The monoisotopic (exact) mass is 955 g/mol. The molecular formula is C63H118O5. The summed E-state index contributed by atoms with van der Waals surface area (Å²) >= 11 is 0. The maximum atomic E-state index is 12.9. The van der Waals surface area contributed by atoms with E-state index in [4.69, 9.17) is 14.2 Å². The van der Waals surface area contributed by atoms with E-state index in [1.807, 2.05) is 0 Å². The van der Waals surface area contributed by atoms with Crippen molar-refractivity contribution in [3.63, 3.8) is 0 Å². The normalized spacial score (nSPS) is 12.3. The van der Waals surface area contributed by atoms with E-state index in [1.54, 1.807) is 0 Å². The molecule has 0 fully saturated rings. The first-order valence-corrected chi connectivity index (χ1v) is 30.5. The standard InChI is InChI=1S/C63H118O5/c1-4-7-10-13-16-19-22-25-28-30-31-32-34-37-40-43-46-49-52-55-58-66-59-61(68-63(65)57-54-51-48-45-42-39-35-27-24-21-18-15-12-9-6-3)60-67-62(64)56-53-50-47-44-41-38-36-33-29-26-23-20-17-14-11-8-5-2/h16,19,25,27-28,35,61H,4-15,17-18,20-24,26,29-34,36-60H2,1-3H3/b19-16-,28-25-,35-27-. The van der Waals surface area contributed by atoms with Gasteiger partial charge < -0.3 is 14.2 Å². The van der Waals surface area contributed by atoms with Crippen molar-refractivity contribution in [2.24, 2.45) is 0 Å². The largest absolute Gasteiger partial charge is 0.462 e. The molecule has 0 amide bonds. The molecule has 5 nitrogen and oxygen atoms in total. The third-order valence-corrected chi connectivity index (χ3v) is 13.6. The second kappa shape index (κ2) is 59.4. The second-order valence-electron chi connectivity index (χ2n) is 20.6. The molecule has 0 N–H and O–H groups in total. The molecule has 0 spiro atoms. The summed E-state index contributed by atoms with van der Waals surface area (Å²) in [6, 6.07) is 0. The summed E-state index contributed by atoms with van der Waals surface area (Å²) in [4.78, 5) is 25.6. The van der Waals surface area contributed by atoms with Gasteiger partial charge in [0.15, 0.2) is 6.10 Å². The van der Waals surface area contributed by atoms with Gasteiger partial charge in [0.25, 0.3) is 0 Å². The Labute approximate surface area is 425 Å². The minimum absolute atomic E-state index is 0.0868. The topological polar surface area (TPSA) is 61.8 Å². The summed E-state index contributed by atoms with van der Waals surface area (Å²) in [5, 5.41) is 0. The Morgan fingerprint density at radius 2 is 0.618 bits per heavy atom. The molecule has 0 aliphatic rings. The van der Waals surface area contributed by atoms with Gasteiger partial charge in [-0.2, -0.15) is 0 Å². The van der Waals surface area contributed by atoms with E-state index in [-0.39, 0.29) is 25.2 Å². The van der Waals surface area contributed by atoms with E-state index in [9.17, 15) is 9.59 Å². The third-order valence-electron chi connectivity index (χ3n) is 13.6. The minimum Gasteiger partial charge on any atom is -0.462 e. The molecule has 0 aromatic heterocycles. The van der Waals surface area contributed by atoms with E-state index in [0.717, 1.165) is 57.8 Å². The molecule has 0 radical (unpaired) electrons. The predicted octanol–water partition coefficient (Wildman–Crippen LogP) is 20.9. The first-order valence-electron chi connectivity index (χ1n) is 30.5. The molecular weight excluding hydrogens is 837 g/mol. The average molecular weight is 956 g/mol. The number of carbonyl (C=O) groups is 2. The molecule has 0 saturated heterocycles. The highest BCUT2D eigenvalue weighted by atomic mass is 16.6. The lowest BCUT2D eigenvalue weighted by Crippen LogP contribution is -2.30. The summed E-state index contributed by atoms with van der Waals surface area (Å²) in [6.45, 7) is 7.85. The van der Waals surface area contributed by atoms with Crippen LogP contribution >= 0.6 is 0 Å². The molecule has 5 heteroatoms. The SMILES string of the molecule is CCCCC/C=C\C/C=C\CCCCCCCCCCCCOCC(COC(=O)CCCCCCCCCCCCCCCCCCC)OC(=O)CCCCCCC/C=C\CCCCCCCC. The van der Waals surface area contributed by atoms with Crippen LogP contribution in [0.25, 0.3) is 0 Å². The zero-order chi connectivity index (χ0) is 49.2. The van der Waals surface area contributed by atoms with Crippen LogP contribution in [0.1, 0.15) is 329 Å². The minimum atomic E-state index is -0.539. The first-order chi connectivity index (χ1) is 33.6. The number of ether oxygens (including phenoxy) is 3. The lowest BCUT2D eigenvalue weighted by Gasteiger charge is -2.18. The van der Waals surface area contributed by atoms with Crippen LogP contribution in [-0.2, 0) is 23.8 Å². The highest BCUT2D eigenvalue weighted by Crippen LogP contribution is 2.17. The lowest BCUT2D eigenvalue weighted by molar-refractivity contribution is -0.163. The zero-order valence-electron chi connectivity index (χ0n) is 46.1. The van der Waals surface area contributed by atoms with Gasteiger partial charge in [-0.25, -0.2) is 0 Å². The van der Waals surface area contributed by atoms with Gasteiger partial charge in [-0.15, -0.1) is 0 Å². The number of allylic oxidation sites excluding steroid dienone is 6. The molecule has 400 valence electrons. The van der Waals surface area contributed by atoms with Gasteiger partial charge in [-0.3, -0.25) is 9.59 Å². The zero-order valence-corrected chi connectivity index (χ0v) is 46.1. The van der Waals surface area contributed by atoms with Gasteiger partial charge in [0.05, 0.1) is 6.61 Å². The highest BCUT2D eigenvalue weighted by Gasteiger charge is 2.17. The average Bonchev–Trinajstić information content (AvgIpc) is 3.34. The Morgan fingerprint density at radius 1 is 0.324 bits per heavy atom. The van der Waals surface area contributed by atoms with Crippen LogP contribution in [0.2, 0.25) is 0 Å². The molecule has 1 unspecified atom stereocenters. The van der Waals surface area contributed by atoms with E-state index in [1.165, 1.54) is 238 Å². The second-order valence-corrected chi connectivity index (χ2v) is 20.6. The number of esters is 2. The molecule has 0 aromatic rings. The fraction of sp³-hybridized carbons (Fsp3) is 0.873. The highest BCUT2D eigenvalue weighted by molar-refractivity contribution is 5.70. The Hall–Kier alpha value is -1.88. The molecule has 0 heterocycles. The van der Waals surface area contributed by atoms with Crippen molar-refractivity contribution in [1.29, 1.82) is 0 Å². The third kappa shape index (κ3) is 56.7. The van der Waals surface area contributed by atoms with Crippen molar-refractivity contribution in [3.05, 3.63) is 36.5 Å². The predicted molar refractivity (Wildman–Crippen MR) is 298 cm³/mol.